The largest absolute Gasteiger partial charge is 0.363 e. The molecule has 2 aromatic carbocycles. The lowest BCUT2D eigenvalue weighted by molar-refractivity contribution is 0.191. The first-order valence-corrected chi connectivity index (χ1v) is 12.5. The van der Waals surface area contributed by atoms with Gasteiger partial charge in [-0.15, -0.1) is 5.10 Å². The Labute approximate surface area is 205 Å². The third-order valence-corrected chi connectivity index (χ3v) is 7.49. The Morgan fingerprint density at radius 3 is 2.54 bits per heavy atom. The Hall–Kier alpha value is -3.45. The molecule has 2 aliphatic rings. The highest BCUT2D eigenvalue weighted by Crippen LogP contribution is 2.39. The molecule has 2 aromatic heterocycles. The number of fused-ring (bicyclic) bond motifs is 3. The van der Waals surface area contributed by atoms with E-state index in [-0.39, 0.29) is 11.9 Å². The summed E-state index contributed by atoms with van der Waals surface area (Å²) in [5.74, 6) is 1.42. The van der Waals surface area contributed by atoms with Crippen LogP contribution in [0.3, 0.4) is 0 Å². The molecule has 2 bridgehead atoms. The Kier molecular flexibility index (Phi) is 5.44. The highest BCUT2D eigenvalue weighted by molar-refractivity contribution is 5.92. The second-order valence-corrected chi connectivity index (χ2v) is 10.1. The summed E-state index contributed by atoms with van der Waals surface area (Å²) >= 11 is 0. The predicted octanol–water partition coefficient (Wildman–Crippen LogP) is 5.40. The molecule has 180 valence electrons. The van der Waals surface area contributed by atoms with Gasteiger partial charge in [0.2, 0.25) is 0 Å². The van der Waals surface area contributed by atoms with Crippen molar-refractivity contribution in [2.75, 3.05) is 23.3 Å². The monoisotopic (exact) mass is 470 g/mol. The topological polar surface area (TPSA) is 49.2 Å². The molecular formula is C28H31FN6. The van der Waals surface area contributed by atoms with Gasteiger partial charge >= 0.3 is 0 Å². The highest BCUT2D eigenvalue weighted by atomic mass is 19.1. The molecule has 2 aliphatic heterocycles. The van der Waals surface area contributed by atoms with E-state index in [1.54, 1.807) is 12.3 Å². The standard InChI is InChI=1S/C28H31FN6/c1-18(2)33-16-24-14-23(33)17-34(24)28-25-13-21(29)9-10-26(25)35(32-28)22-11-12-30-27(15-22)31-19(3)20-7-5-4-6-8-20/h4-13,15,18-19,23-24H,14,16-17H2,1-3H3,(H,30,31)/t19-,23?,24?/m0/s1. The number of halogens is 1. The van der Waals surface area contributed by atoms with Crippen molar-refractivity contribution in [3.8, 4) is 5.69 Å². The van der Waals surface area contributed by atoms with Crippen LogP contribution in [-0.4, -0.2) is 50.9 Å². The van der Waals surface area contributed by atoms with Gasteiger partial charge in [-0.05, 0) is 57.0 Å². The maximum atomic E-state index is 14.4. The summed E-state index contributed by atoms with van der Waals surface area (Å²) in [5.41, 5.74) is 3.00. The van der Waals surface area contributed by atoms with Crippen molar-refractivity contribution >= 4 is 22.5 Å². The molecule has 2 unspecified atom stereocenters. The van der Waals surface area contributed by atoms with Gasteiger partial charge in [0.05, 0.1) is 11.2 Å². The third-order valence-electron chi connectivity index (χ3n) is 7.49. The summed E-state index contributed by atoms with van der Waals surface area (Å²) in [7, 11) is 0. The first kappa shape index (κ1) is 22.0. The number of hydrogen-bond acceptors (Lipinski definition) is 5. The summed E-state index contributed by atoms with van der Waals surface area (Å²) < 4.78 is 16.3. The first-order valence-electron chi connectivity index (χ1n) is 12.5. The molecular weight excluding hydrogens is 439 g/mol. The Bertz CT molecular complexity index is 1350. The van der Waals surface area contributed by atoms with Crippen molar-refractivity contribution in [1.29, 1.82) is 0 Å². The van der Waals surface area contributed by atoms with Gasteiger partial charge in [0.1, 0.15) is 11.6 Å². The van der Waals surface area contributed by atoms with Crippen molar-refractivity contribution in [3.63, 3.8) is 0 Å². The van der Waals surface area contributed by atoms with Crippen molar-refractivity contribution < 1.29 is 4.39 Å². The minimum absolute atomic E-state index is 0.113. The van der Waals surface area contributed by atoms with E-state index in [9.17, 15) is 4.39 Å². The second-order valence-electron chi connectivity index (χ2n) is 10.1. The lowest BCUT2D eigenvalue weighted by Gasteiger charge is -2.36. The molecule has 0 aliphatic carbocycles. The average molecular weight is 471 g/mol. The van der Waals surface area contributed by atoms with Crippen molar-refractivity contribution in [2.45, 2.75) is 51.4 Å². The van der Waals surface area contributed by atoms with E-state index in [4.69, 9.17) is 5.10 Å². The predicted molar refractivity (Wildman–Crippen MR) is 139 cm³/mol. The number of rotatable bonds is 6. The maximum Gasteiger partial charge on any atom is 0.159 e. The van der Waals surface area contributed by atoms with E-state index in [0.29, 0.717) is 18.1 Å². The fourth-order valence-corrected chi connectivity index (χ4v) is 5.75. The van der Waals surface area contributed by atoms with Crippen LogP contribution < -0.4 is 10.2 Å². The summed E-state index contributed by atoms with van der Waals surface area (Å²) in [5, 5.41) is 9.41. The number of hydrogen-bond donors (Lipinski definition) is 1. The molecule has 3 atom stereocenters. The summed E-state index contributed by atoms with van der Waals surface area (Å²) in [6, 6.07) is 20.8. The van der Waals surface area contributed by atoms with Gasteiger partial charge in [0.15, 0.2) is 5.82 Å². The van der Waals surface area contributed by atoms with Gasteiger partial charge < -0.3 is 10.2 Å². The summed E-state index contributed by atoms with van der Waals surface area (Å²) in [4.78, 5) is 9.50. The number of nitrogens with one attached hydrogen (secondary N) is 1. The van der Waals surface area contributed by atoms with Gasteiger partial charge in [-0.25, -0.2) is 14.1 Å². The zero-order valence-electron chi connectivity index (χ0n) is 20.4. The van der Waals surface area contributed by atoms with E-state index in [1.165, 1.54) is 11.6 Å². The average Bonchev–Trinajstić information content (AvgIpc) is 3.57. The van der Waals surface area contributed by atoms with E-state index in [2.05, 4.69) is 53.0 Å². The van der Waals surface area contributed by atoms with E-state index < -0.39 is 0 Å². The van der Waals surface area contributed by atoms with Gasteiger partial charge in [0.25, 0.3) is 0 Å². The fourth-order valence-electron chi connectivity index (χ4n) is 5.75. The summed E-state index contributed by atoms with van der Waals surface area (Å²) in [6.07, 6.45) is 2.94. The second kappa shape index (κ2) is 8.64. The molecule has 7 heteroatoms. The molecule has 0 radical (unpaired) electrons. The molecule has 6 nitrogen and oxygen atoms in total. The Morgan fingerprint density at radius 2 is 1.80 bits per heavy atom. The smallest absolute Gasteiger partial charge is 0.159 e. The van der Waals surface area contributed by atoms with Gasteiger partial charge in [0, 0.05) is 54.9 Å². The van der Waals surface area contributed by atoms with Gasteiger partial charge in [-0.1, -0.05) is 30.3 Å². The molecule has 0 spiro atoms. The molecule has 4 aromatic rings. The van der Waals surface area contributed by atoms with Crippen molar-refractivity contribution in [3.05, 3.63) is 78.2 Å². The van der Waals surface area contributed by atoms with Gasteiger partial charge in [-0.2, -0.15) is 0 Å². The van der Waals surface area contributed by atoms with Crippen LogP contribution in [0.4, 0.5) is 16.0 Å². The Morgan fingerprint density at radius 1 is 0.971 bits per heavy atom. The molecule has 1 N–H and O–H groups in total. The van der Waals surface area contributed by atoms with Crippen LogP contribution in [-0.2, 0) is 0 Å². The lowest BCUT2D eigenvalue weighted by Crippen LogP contribution is -2.49. The molecule has 0 saturated carbocycles. The number of nitrogens with zero attached hydrogens (tertiary/aromatic N) is 5. The van der Waals surface area contributed by atoms with E-state index in [1.807, 2.05) is 41.1 Å². The highest BCUT2D eigenvalue weighted by Gasteiger charge is 2.45. The molecule has 0 amide bonds. The normalized spacial score (nSPS) is 20.8. The van der Waals surface area contributed by atoms with Crippen LogP contribution in [0.1, 0.15) is 38.8 Å². The summed E-state index contributed by atoms with van der Waals surface area (Å²) in [6.45, 7) is 8.61. The number of likely N-dealkylation sites (tertiary alicyclic amines) is 1. The van der Waals surface area contributed by atoms with Crippen LogP contribution >= 0.6 is 0 Å². The van der Waals surface area contributed by atoms with Crippen LogP contribution in [0.2, 0.25) is 0 Å². The van der Waals surface area contributed by atoms with Gasteiger partial charge in [-0.3, -0.25) is 4.90 Å². The number of pyridine rings is 1. The van der Waals surface area contributed by atoms with Crippen LogP contribution in [0.25, 0.3) is 16.6 Å². The Balaban J connectivity index is 1.34. The first-order chi connectivity index (χ1) is 17.0. The van der Waals surface area contributed by atoms with Crippen molar-refractivity contribution in [1.82, 2.24) is 19.7 Å². The minimum atomic E-state index is -0.236. The van der Waals surface area contributed by atoms with Crippen LogP contribution in [0, 0.1) is 5.82 Å². The minimum Gasteiger partial charge on any atom is -0.363 e. The molecule has 6 rings (SSSR count). The number of aromatic nitrogens is 3. The number of benzene rings is 2. The SMILES string of the molecule is CC(C)N1CC2CC1CN2c1nn(-c2ccnc(N[C@@H](C)c3ccccc3)c2)c2ccc(F)cc12. The quantitative estimate of drug-likeness (QED) is 0.409. The van der Waals surface area contributed by atoms with E-state index in [0.717, 1.165) is 47.7 Å². The molecule has 2 fully saturated rings. The molecule has 4 heterocycles. The number of anilines is 2. The lowest BCUT2D eigenvalue weighted by atomic mass is 10.1. The number of piperazine rings is 1. The zero-order valence-corrected chi connectivity index (χ0v) is 20.4. The fraction of sp³-hybridized carbons (Fsp3) is 0.357. The molecule has 35 heavy (non-hydrogen) atoms. The third kappa shape index (κ3) is 3.93. The maximum absolute atomic E-state index is 14.4. The molecule has 2 saturated heterocycles. The van der Waals surface area contributed by atoms with Crippen LogP contribution in [0.5, 0.6) is 0 Å². The zero-order chi connectivity index (χ0) is 24.1. The van der Waals surface area contributed by atoms with Crippen molar-refractivity contribution in [2.24, 2.45) is 0 Å². The van der Waals surface area contributed by atoms with E-state index >= 15 is 0 Å². The van der Waals surface area contributed by atoms with Crippen LogP contribution in [0.15, 0.2) is 66.9 Å².